The Balaban J connectivity index is 1.45. The fourth-order valence-electron chi connectivity index (χ4n) is 4.12. The predicted molar refractivity (Wildman–Crippen MR) is 120 cm³/mol. The Morgan fingerprint density at radius 2 is 1.90 bits per heavy atom. The van der Waals surface area contributed by atoms with Gasteiger partial charge in [-0.2, -0.15) is 0 Å². The Bertz CT molecular complexity index is 953. The smallest absolute Gasteiger partial charge is 0.267 e. The molecule has 1 heterocycles. The molecule has 31 heavy (non-hydrogen) atoms. The molecule has 1 aliphatic heterocycles. The van der Waals surface area contributed by atoms with Crippen molar-refractivity contribution in [3.05, 3.63) is 59.7 Å². The first kappa shape index (κ1) is 21.2. The quantitative estimate of drug-likeness (QED) is 0.697. The van der Waals surface area contributed by atoms with Crippen LogP contribution in [0.4, 0.5) is 0 Å². The number of hydrogen-bond acceptors (Lipinski definition) is 5. The van der Waals surface area contributed by atoms with Crippen LogP contribution in [0.25, 0.3) is 0 Å². The molecule has 2 aromatic carbocycles. The predicted octanol–water partition coefficient (Wildman–Crippen LogP) is 4.78. The zero-order valence-corrected chi connectivity index (χ0v) is 18.4. The lowest BCUT2D eigenvalue weighted by Crippen LogP contribution is -2.45. The second-order valence-corrected chi connectivity index (χ2v) is 8.53. The van der Waals surface area contributed by atoms with E-state index in [1.54, 1.807) is 14.0 Å². The van der Waals surface area contributed by atoms with Crippen molar-refractivity contribution >= 4 is 11.6 Å². The van der Waals surface area contributed by atoms with Gasteiger partial charge in [0.25, 0.3) is 5.91 Å². The number of ether oxygens (including phenoxy) is 2. The summed E-state index contributed by atoms with van der Waals surface area (Å²) in [6.45, 7) is 3.74. The van der Waals surface area contributed by atoms with E-state index < -0.39 is 5.60 Å². The van der Waals surface area contributed by atoms with Crippen molar-refractivity contribution in [2.24, 2.45) is 5.16 Å². The number of carbonyl (C=O) groups is 1. The molecule has 0 bridgehead atoms. The lowest BCUT2D eigenvalue weighted by molar-refractivity contribution is -0.142. The molecule has 0 spiro atoms. The summed E-state index contributed by atoms with van der Waals surface area (Å²) in [6, 6.07) is 15.5. The molecule has 0 radical (unpaired) electrons. The molecule has 0 saturated heterocycles. The Morgan fingerprint density at radius 1 is 1.16 bits per heavy atom. The number of hydrogen-bond donors (Lipinski definition) is 1. The second kappa shape index (κ2) is 9.00. The number of carbonyl (C=O) groups excluding carboxylic acids is 1. The summed E-state index contributed by atoms with van der Waals surface area (Å²) in [4.78, 5) is 18.6. The summed E-state index contributed by atoms with van der Waals surface area (Å²) in [5.74, 6) is 1.23. The summed E-state index contributed by atoms with van der Waals surface area (Å²) >= 11 is 0. The van der Waals surface area contributed by atoms with Crippen molar-refractivity contribution in [3.8, 4) is 11.5 Å². The molecule has 1 saturated carbocycles. The van der Waals surface area contributed by atoms with Gasteiger partial charge in [0.15, 0.2) is 11.5 Å². The van der Waals surface area contributed by atoms with Crippen LogP contribution in [0.2, 0.25) is 0 Å². The highest BCUT2D eigenvalue weighted by Gasteiger charge is 2.42. The van der Waals surface area contributed by atoms with Gasteiger partial charge in [0, 0.05) is 12.0 Å². The van der Waals surface area contributed by atoms with E-state index in [-0.39, 0.29) is 18.1 Å². The number of oxime groups is 1. The van der Waals surface area contributed by atoms with E-state index in [1.807, 2.05) is 55.5 Å². The molecule has 2 atom stereocenters. The number of nitrogens with one attached hydrogen (secondary N) is 1. The van der Waals surface area contributed by atoms with Crippen LogP contribution >= 0.6 is 0 Å². The monoisotopic (exact) mass is 422 g/mol. The molecule has 1 N–H and O–H groups in total. The molecule has 164 valence electrons. The fourth-order valence-corrected chi connectivity index (χ4v) is 4.12. The molecule has 2 aromatic rings. The average Bonchev–Trinajstić information content (AvgIpc) is 3.45. The first-order valence-corrected chi connectivity index (χ1v) is 10.9. The van der Waals surface area contributed by atoms with E-state index in [0.29, 0.717) is 17.9 Å². The van der Waals surface area contributed by atoms with Crippen LogP contribution in [0.3, 0.4) is 0 Å². The van der Waals surface area contributed by atoms with Gasteiger partial charge in [0.2, 0.25) is 5.60 Å². The van der Waals surface area contributed by atoms with Crippen LogP contribution in [0.1, 0.15) is 63.1 Å². The Labute approximate surface area is 183 Å². The maximum absolute atomic E-state index is 13.0. The number of rotatable bonds is 7. The second-order valence-electron chi connectivity index (χ2n) is 8.53. The van der Waals surface area contributed by atoms with Crippen molar-refractivity contribution in [2.75, 3.05) is 7.11 Å². The van der Waals surface area contributed by atoms with Crippen LogP contribution in [-0.2, 0) is 9.63 Å². The van der Waals surface area contributed by atoms with E-state index in [4.69, 9.17) is 14.3 Å². The third-order valence-electron chi connectivity index (χ3n) is 6.08. The summed E-state index contributed by atoms with van der Waals surface area (Å²) in [7, 11) is 1.64. The van der Waals surface area contributed by atoms with E-state index >= 15 is 0 Å². The maximum atomic E-state index is 13.0. The highest BCUT2D eigenvalue weighted by molar-refractivity contribution is 6.05. The van der Waals surface area contributed by atoms with Gasteiger partial charge in [-0.1, -0.05) is 35.5 Å². The van der Waals surface area contributed by atoms with Gasteiger partial charge >= 0.3 is 0 Å². The summed E-state index contributed by atoms with van der Waals surface area (Å²) in [5, 5.41) is 7.29. The normalized spacial score (nSPS) is 21.8. The Morgan fingerprint density at radius 3 is 2.61 bits per heavy atom. The summed E-state index contributed by atoms with van der Waals surface area (Å²) in [5.41, 5.74) is 1.60. The largest absolute Gasteiger partial charge is 0.493 e. The standard InChI is InChI=1S/C25H30N2O4/c1-17(18-9-5-4-6-10-18)26-24(28)25(2)16-21(27-31-25)19-13-14-22(29-3)23(15-19)30-20-11-7-8-12-20/h4-6,9-10,13-15,17,20H,7-8,11-12,16H2,1-3H3,(H,26,28)/t17-,25?/m0/s1. The highest BCUT2D eigenvalue weighted by atomic mass is 16.7. The number of methoxy groups -OCH3 is 1. The lowest BCUT2D eigenvalue weighted by atomic mass is 9.94. The van der Waals surface area contributed by atoms with Crippen LogP contribution < -0.4 is 14.8 Å². The van der Waals surface area contributed by atoms with Gasteiger partial charge in [-0.3, -0.25) is 4.79 Å². The number of amides is 1. The first-order chi connectivity index (χ1) is 15.0. The number of benzene rings is 2. The van der Waals surface area contributed by atoms with Gasteiger partial charge in [0.1, 0.15) is 0 Å². The van der Waals surface area contributed by atoms with Crippen molar-refractivity contribution < 1.29 is 19.1 Å². The molecule has 1 unspecified atom stereocenters. The van der Waals surface area contributed by atoms with Crippen molar-refractivity contribution in [2.45, 2.75) is 63.7 Å². The minimum atomic E-state index is -1.05. The molecular weight excluding hydrogens is 392 g/mol. The van der Waals surface area contributed by atoms with Crippen LogP contribution in [0.5, 0.6) is 11.5 Å². The van der Waals surface area contributed by atoms with Crippen molar-refractivity contribution in [1.29, 1.82) is 0 Å². The molecule has 1 amide bonds. The average molecular weight is 423 g/mol. The van der Waals surface area contributed by atoms with Gasteiger partial charge in [0.05, 0.1) is 25.0 Å². The van der Waals surface area contributed by atoms with Gasteiger partial charge in [-0.25, -0.2) is 0 Å². The minimum Gasteiger partial charge on any atom is -0.493 e. The zero-order chi connectivity index (χ0) is 21.8. The first-order valence-electron chi connectivity index (χ1n) is 10.9. The molecule has 1 fully saturated rings. The van der Waals surface area contributed by atoms with E-state index in [2.05, 4.69) is 10.5 Å². The zero-order valence-electron chi connectivity index (χ0n) is 18.4. The Hall–Kier alpha value is -3.02. The van der Waals surface area contributed by atoms with Gasteiger partial charge in [-0.05, 0) is 63.3 Å². The summed E-state index contributed by atoms with van der Waals surface area (Å²) in [6.07, 6.45) is 5.13. The van der Waals surface area contributed by atoms with Crippen molar-refractivity contribution in [1.82, 2.24) is 5.32 Å². The highest BCUT2D eigenvalue weighted by Crippen LogP contribution is 2.35. The molecule has 4 rings (SSSR count). The molecular formula is C25H30N2O4. The Kier molecular flexibility index (Phi) is 6.16. The van der Waals surface area contributed by atoms with Crippen LogP contribution in [0.15, 0.2) is 53.7 Å². The van der Waals surface area contributed by atoms with E-state index in [9.17, 15) is 4.79 Å². The molecule has 0 aromatic heterocycles. The third-order valence-corrected chi connectivity index (χ3v) is 6.08. The SMILES string of the molecule is COc1ccc(C2=NOC(C)(C(=O)N[C@@H](C)c3ccccc3)C2)cc1OC1CCCC1. The third kappa shape index (κ3) is 4.68. The van der Waals surface area contributed by atoms with E-state index in [0.717, 1.165) is 29.7 Å². The van der Waals surface area contributed by atoms with Gasteiger partial charge < -0.3 is 19.6 Å². The van der Waals surface area contributed by atoms with Crippen LogP contribution in [-0.4, -0.2) is 30.4 Å². The molecule has 2 aliphatic rings. The summed E-state index contributed by atoms with van der Waals surface area (Å²) < 4.78 is 11.7. The van der Waals surface area contributed by atoms with E-state index in [1.165, 1.54) is 12.8 Å². The molecule has 6 heteroatoms. The fraction of sp³-hybridized carbons (Fsp3) is 0.440. The number of nitrogens with zero attached hydrogens (tertiary/aromatic N) is 1. The topological polar surface area (TPSA) is 69.2 Å². The molecule has 6 nitrogen and oxygen atoms in total. The van der Waals surface area contributed by atoms with Crippen LogP contribution in [0, 0.1) is 0 Å². The lowest BCUT2D eigenvalue weighted by Gasteiger charge is -2.23. The minimum absolute atomic E-state index is 0.120. The maximum Gasteiger partial charge on any atom is 0.267 e. The van der Waals surface area contributed by atoms with Gasteiger partial charge in [-0.15, -0.1) is 0 Å². The van der Waals surface area contributed by atoms with Crippen molar-refractivity contribution in [3.63, 3.8) is 0 Å². The molecule has 1 aliphatic carbocycles.